The second-order valence-electron chi connectivity index (χ2n) is 6.06. The van der Waals surface area contributed by atoms with E-state index in [0.717, 1.165) is 17.4 Å². The molecule has 0 bridgehead atoms. The summed E-state index contributed by atoms with van der Waals surface area (Å²) >= 11 is 0. The third-order valence-electron chi connectivity index (χ3n) is 3.68. The van der Waals surface area contributed by atoms with Gasteiger partial charge in [-0.2, -0.15) is 0 Å². The SMILES string of the molecule is CC1(C)CC(=O)C=C(c2cccc3cnccc23)C1. The van der Waals surface area contributed by atoms with Crippen molar-refractivity contribution in [2.75, 3.05) is 0 Å². The molecule has 0 amide bonds. The molecule has 0 saturated carbocycles. The van der Waals surface area contributed by atoms with Gasteiger partial charge >= 0.3 is 0 Å². The first-order valence-corrected chi connectivity index (χ1v) is 6.62. The molecule has 1 aliphatic rings. The first-order chi connectivity index (χ1) is 9.05. The van der Waals surface area contributed by atoms with Crippen molar-refractivity contribution in [1.29, 1.82) is 0 Å². The van der Waals surface area contributed by atoms with Crippen molar-refractivity contribution in [3.8, 4) is 0 Å². The second kappa shape index (κ2) is 4.30. The molecule has 0 aliphatic heterocycles. The van der Waals surface area contributed by atoms with Gasteiger partial charge in [0.15, 0.2) is 5.78 Å². The normalized spacial score (nSPS) is 18.4. The highest BCUT2D eigenvalue weighted by atomic mass is 16.1. The summed E-state index contributed by atoms with van der Waals surface area (Å²) in [4.78, 5) is 16.1. The molecular formula is C17H17NO. The largest absolute Gasteiger partial charge is 0.295 e. The molecule has 2 aromatic rings. The number of carbonyl (C=O) groups is 1. The van der Waals surface area contributed by atoms with Gasteiger partial charge in [0.05, 0.1) is 0 Å². The van der Waals surface area contributed by atoms with E-state index in [1.807, 2.05) is 30.6 Å². The van der Waals surface area contributed by atoms with Crippen LogP contribution in [0.2, 0.25) is 0 Å². The number of aromatic nitrogens is 1. The maximum Gasteiger partial charge on any atom is 0.156 e. The summed E-state index contributed by atoms with van der Waals surface area (Å²) in [7, 11) is 0. The van der Waals surface area contributed by atoms with Crippen molar-refractivity contribution in [2.24, 2.45) is 5.41 Å². The lowest BCUT2D eigenvalue weighted by Gasteiger charge is -2.29. The topological polar surface area (TPSA) is 30.0 Å². The van der Waals surface area contributed by atoms with Crippen LogP contribution in [0, 0.1) is 5.41 Å². The fraction of sp³-hybridized carbons (Fsp3) is 0.294. The minimum Gasteiger partial charge on any atom is -0.295 e. The van der Waals surface area contributed by atoms with Gasteiger partial charge < -0.3 is 0 Å². The molecule has 0 atom stereocenters. The Morgan fingerprint density at radius 1 is 1.16 bits per heavy atom. The number of hydrogen-bond acceptors (Lipinski definition) is 2. The fourth-order valence-electron chi connectivity index (χ4n) is 2.92. The van der Waals surface area contributed by atoms with E-state index in [1.165, 1.54) is 10.9 Å². The fourth-order valence-corrected chi connectivity index (χ4v) is 2.92. The maximum atomic E-state index is 11.9. The predicted molar refractivity (Wildman–Crippen MR) is 77.7 cm³/mol. The molecule has 0 unspecified atom stereocenters. The van der Waals surface area contributed by atoms with E-state index >= 15 is 0 Å². The molecular weight excluding hydrogens is 234 g/mol. The highest BCUT2D eigenvalue weighted by Crippen LogP contribution is 2.39. The van der Waals surface area contributed by atoms with Gasteiger partial charge in [0.25, 0.3) is 0 Å². The molecule has 1 aromatic carbocycles. The Balaban J connectivity index is 2.17. The van der Waals surface area contributed by atoms with Gasteiger partial charge in [-0.3, -0.25) is 9.78 Å². The lowest BCUT2D eigenvalue weighted by Crippen LogP contribution is -2.21. The summed E-state index contributed by atoms with van der Waals surface area (Å²) in [5.41, 5.74) is 2.37. The van der Waals surface area contributed by atoms with E-state index < -0.39 is 0 Å². The van der Waals surface area contributed by atoms with Crippen LogP contribution in [0.15, 0.2) is 42.7 Å². The number of ketones is 1. The quantitative estimate of drug-likeness (QED) is 0.766. The van der Waals surface area contributed by atoms with E-state index in [9.17, 15) is 4.79 Å². The molecule has 1 aliphatic carbocycles. The number of nitrogens with zero attached hydrogens (tertiary/aromatic N) is 1. The Morgan fingerprint density at radius 3 is 2.79 bits per heavy atom. The van der Waals surface area contributed by atoms with Gasteiger partial charge in [0, 0.05) is 24.2 Å². The molecule has 1 aromatic heterocycles. The lowest BCUT2D eigenvalue weighted by atomic mass is 9.74. The van der Waals surface area contributed by atoms with Crippen LogP contribution in [0.3, 0.4) is 0 Å². The van der Waals surface area contributed by atoms with Crippen LogP contribution in [0.25, 0.3) is 16.3 Å². The summed E-state index contributed by atoms with van der Waals surface area (Å²) in [6.45, 7) is 4.31. The average Bonchev–Trinajstić information content (AvgIpc) is 2.35. The van der Waals surface area contributed by atoms with Gasteiger partial charge in [-0.1, -0.05) is 32.0 Å². The number of fused-ring (bicyclic) bond motifs is 1. The third kappa shape index (κ3) is 2.30. The van der Waals surface area contributed by atoms with Crippen LogP contribution in [0.1, 0.15) is 32.3 Å². The van der Waals surface area contributed by atoms with Gasteiger partial charge in [-0.15, -0.1) is 0 Å². The highest BCUT2D eigenvalue weighted by molar-refractivity contribution is 6.03. The minimum atomic E-state index is 0.0519. The van der Waals surface area contributed by atoms with Crippen molar-refractivity contribution in [3.63, 3.8) is 0 Å². The number of hydrogen-bond donors (Lipinski definition) is 0. The second-order valence-corrected chi connectivity index (χ2v) is 6.06. The van der Waals surface area contributed by atoms with Crippen molar-refractivity contribution in [3.05, 3.63) is 48.3 Å². The zero-order valence-electron chi connectivity index (χ0n) is 11.3. The van der Waals surface area contributed by atoms with Crippen LogP contribution >= 0.6 is 0 Å². The lowest BCUT2D eigenvalue weighted by molar-refractivity contribution is -0.116. The summed E-state index contributed by atoms with van der Waals surface area (Å²) < 4.78 is 0. The molecule has 1 heterocycles. The van der Waals surface area contributed by atoms with Crippen LogP contribution < -0.4 is 0 Å². The first kappa shape index (κ1) is 12.1. The molecule has 0 N–H and O–H groups in total. The molecule has 0 saturated heterocycles. The number of allylic oxidation sites excluding steroid dienone is 2. The Labute approximate surface area is 113 Å². The smallest absolute Gasteiger partial charge is 0.156 e. The Morgan fingerprint density at radius 2 is 2.00 bits per heavy atom. The van der Waals surface area contributed by atoms with Crippen LogP contribution in [-0.2, 0) is 4.79 Å². The van der Waals surface area contributed by atoms with Crippen molar-refractivity contribution in [1.82, 2.24) is 4.98 Å². The molecule has 0 fully saturated rings. The van der Waals surface area contributed by atoms with Gasteiger partial charge in [0.2, 0.25) is 0 Å². The van der Waals surface area contributed by atoms with Gasteiger partial charge in [-0.05, 0) is 40.5 Å². The zero-order valence-corrected chi connectivity index (χ0v) is 11.3. The summed E-state index contributed by atoms with van der Waals surface area (Å²) in [5.74, 6) is 0.234. The van der Waals surface area contributed by atoms with Crippen molar-refractivity contribution in [2.45, 2.75) is 26.7 Å². The molecule has 96 valence electrons. The van der Waals surface area contributed by atoms with E-state index in [4.69, 9.17) is 0 Å². The summed E-state index contributed by atoms with van der Waals surface area (Å²) in [6, 6.07) is 8.22. The monoisotopic (exact) mass is 251 g/mol. The maximum absolute atomic E-state index is 11.9. The van der Waals surface area contributed by atoms with Crippen molar-refractivity contribution >= 4 is 22.1 Å². The van der Waals surface area contributed by atoms with Crippen LogP contribution in [0.4, 0.5) is 0 Å². The summed E-state index contributed by atoms with van der Waals surface area (Å²) in [5, 5.41) is 2.30. The molecule has 19 heavy (non-hydrogen) atoms. The molecule has 2 nitrogen and oxygen atoms in total. The van der Waals surface area contributed by atoms with Gasteiger partial charge in [0.1, 0.15) is 0 Å². The minimum absolute atomic E-state index is 0.0519. The van der Waals surface area contributed by atoms with Gasteiger partial charge in [-0.25, -0.2) is 0 Å². The van der Waals surface area contributed by atoms with E-state index in [-0.39, 0.29) is 11.2 Å². The average molecular weight is 251 g/mol. The van der Waals surface area contributed by atoms with Crippen LogP contribution in [0.5, 0.6) is 0 Å². The van der Waals surface area contributed by atoms with Crippen molar-refractivity contribution < 1.29 is 4.79 Å². The van der Waals surface area contributed by atoms with E-state index in [1.54, 1.807) is 0 Å². The Kier molecular flexibility index (Phi) is 2.74. The molecule has 0 radical (unpaired) electrons. The van der Waals surface area contributed by atoms with E-state index in [2.05, 4.69) is 31.0 Å². The Bertz CT molecular complexity index is 677. The molecule has 0 spiro atoms. The number of benzene rings is 1. The van der Waals surface area contributed by atoms with Crippen LogP contribution in [-0.4, -0.2) is 10.8 Å². The van der Waals surface area contributed by atoms with E-state index in [0.29, 0.717) is 6.42 Å². The zero-order chi connectivity index (χ0) is 13.5. The Hall–Kier alpha value is -1.96. The molecule has 3 rings (SSSR count). The number of rotatable bonds is 1. The summed E-state index contributed by atoms with van der Waals surface area (Å²) in [6.07, 6.45) is 7.08. The predicted octanol–water partition coefficient (Wildman–Crippen LogP) is 4.01. The number of carbonyl (C=O) groups excluding carboxylic acids is 1. The standard InChI is InChI=1S/C17H17NO/c1-17(2)9-13(8-14(19)10-17)15-5-3-4-12-11-18-7-6-16(12)15/h3-8,11H,9-10H2,1-2H3. The highest BCUT2D eigenvalue weighted by Gasteiger charge is 2.28. The third-order valence-corrected chi connectivity index (χ3v) is 3.68. The molecule has 2 heteroatoms. The number of pyridine rings is 1. The first-order valence-electron chi connectivity index (χ1n) is 6.62.